The van der Waals surface area contributed by atoms with E-state index in [2.05, 4.69) is 245 Å². The Morgan fingerprint density at radius 3 is 0.846 bits per heavy atom. The lowest BCUT2D eigenvalue weighted by Gasteiger charge is -2.44. The fraction of sp³-hybridized carbons (Fsp3) is 0.122. The van der Waals surface area contributed by atoms with Gasteiger partial charge >= 0.3 is 0 Å². The third kappa shape index (κ3) is 7.85. The summed E-state index contributed by atoms with van der Waals surface area (Å²) in [5.74, 6) is 1.18. The summed E-state index contributed by atoms with van der Waals surface area (Å²) in [7, 11) is 0.205. The molecule has 0 aliphatic heterocycles. The molecule has 0 aliphatic carbocycles. The Kier molecular flexibility index (Phi) is 12.2. The van der Waals surface area contributed by atoms with Crippen LogP contribution < -0.4 is 37.8 Å². The minimum absolute atomic E-state index is 0.205. The first-order chi connectivity index (χ1) is 25.4. The van der Waals surface area contributed by atoms with E-state index in [1.165, 1.54) is 43.5 Å². The number of hydrogen-bond donors (Lipinski definition) is 0. The predicted molar refractivity (Wildman–Crippen MR) is 239 cm³/mol. The Morgan fingerprint density at radius 2 is 0.635 bits per heavy atom. The van der Waals surface area contributed by atoms with Gasteiger partial charge in [-0.25, -0.2) is 0 Å². The van der Waals surface area contributed by atoms with Crippen LogP contribution in [-0.4, -0.2) is 21.8 Å². The predicted octanol–water partition coefficient (Wildman–Crippen LogP) is 8.24. The summed E-state index contributed by atoms with van der Waals surface area (Å²) >= 11 is 0. The largest absolute Gasteiger partial charge is 0.195 e. The van der Waals surface area contributed by atoms with Crippen LogP contribution >= 0.6 is 6.89 Å². The van der Waals surface area contributed by atoms with Crippen LogP contribution in [0.4, 0.5) is 0 Å². The molecule has 0 saturated carbocycles. The van der Waals surface area contributed by atoms with Crippen LogP contribution in [0.15, 0.2) is 212 Å². The molecule has 0 spiro atoms. The fourth-order valence-electron chi connectivity index (χ4n) is 7.60. The SMILES string of the molecule is CC[S+](C=P(c1ccccc1)(c1ccccc1)c1ccccc1)C(C)(C)C.c1ccc([B-](c2ccccc2)(c2ccccc2)c2ccccc2)cc1. The van der Waals surface area contributed by atoms with Crippen LogP contribution in [0.3, 0.4) is 0 Å². The van der Waals surface area contributed by atoms with E-state index >= 15 is 0 Å². The summed E-state index contributed by atoms with van der Waals surface area (Å²) in [6.07, 6.45) is -1.22. The van der Waals surface area contributed by atoms with E-state index in [1.807, 2.05) is 0 Å². The lowest BCUT2D eigenvalue weighted by molar-refractivity contribution is 0.797. The van der Waals surface area contributed by atoms with E-state index in [0.717, 1.165) is 0 Å². The molecule has 0 radical (unpaired) electrons. The quantitative estimate of drug-likeness (QED) is 0.0804. The third-order valence-electron chi connectivity index (χ3n) is 10.1. The lowest BCUT2D eigenvalue weighted by Crippen LogP contribution is -2.74. The summed E-state index contributed by atoms with van der Waals surface area (Å²) in [6, 6.07) is 76.9. The van der Waals surface area contributed by atoms with Crippen molar-refractivity contribution in [2.24, 2.45) is 0 Å². The van der Waals surface area contributed by atoms with E-state index in [-0.39, 0.29) is 15.6 Å². The molecular weight excluding hydrogens is 662 g/mol. The number of hydrogen-bond acceptors (Lipinski definition) is 0. The van der Waals surface area contributed by atoms with Gasteiger partial charge in [-0.1, -0.05) is 212 Å². The first kappa shape index (κ1) is 37.0. The zero-order valence-corrected chi connectivity index (χ0v) is 32.6. The van der Waals surface area contributed by atoms with Gasteiger partial charge in [0.1, 0.15) is 21.8 Å². The van der Waals surface area contributed by atoms with Gasteiger partial charge in [0.05, 0.1) is 0 Å². The summed E-state index contributed by atoms with van der Waals surface area (Å²) in [4.78, 5) is 0. The molecule has 0 nitrogen and oxygen atoms in total. The normalized spacial score (nSPS) is 12.2. The third-order valence-corrected chi connectivity index (χ3v) is 17.9. The molecular formula is C49H50BPS. The van der Waals surface area contributed by atoms with Gasteiger partial charge in [0.2, 0.25) is 0 Å². The van der Waals surface area contributed by atoms with Gasteiger partial charge in [-0.15, -0.1) is 0 Å². The maximum absolute atomic E-state index is 2.74. The molecule has 52 heavy (non-hydrogen) atoms. The summed E-state index contributed by atoms with van der Waals surface area (Å²) in [5, 5.41) is 7.07. The van der Waals surface area contributed by atoms with Crippen molar-refractivity contribution in [1.29, 1.82) is 0 Å². The van der Waals surface area contributed by atoms with Crippen LogP contribution in [0.1, 0.15) is 27.7 Å². The molecule has 0 aliphatic rings. The summed E-state index contributed by atoms with van der Waals surface area (Å²) < 4.78 is 0.262. The van der Waals surface area contributed by atoms with Crippen LogP contribution in [0, 0.1) is 0 Å². The van der Waals surface area contributed by atoms with Crippen LogP contribution in [0.5, 0.6) is 0 Å². The maximum Gasteiger partial charge on any atom is 0.126 e. The summed E-state index contributed by atoms with van der Waals surface area (Å²) in [6.45, 7) is 7.64. The molecule has 0 heterocycles. The monoisotopic (exact) mass is 712 g/mol. The highest BCUT2D eigenvalue weighted by molar-refractivity contribution is 8.21. The molecule has 0 aromatic heterocycles. The van der Waals surface area contributed by atoms with Crippen LogP contribution in [0.2, 0.25) is 0 Å². The van der Waals surface area contributed by atoms with Crippen molar-refractivity contribution in [3.8, 4) is 0 Å². The van der Waals surface area contributed by atoms with Gasteiger partial charge in [-0.2, -0.15) is 21.9 Å². The van der Waals surface area contributed by atoms with Crippen molar-refractivity contribution in [2.45, 2.75) is 32.4 Å². The smallest absolute Gasteiger partial charge is 0.126 e. The molecule has 3 heteroatoms. The first-order valence-electron chi connectivity index (χ1n) is 18.4. The highest BCUT2D eigenvalue weighted by Gasteiger charge is 2.37. The Bertz CT molecular complexity index is 1860. The van der Waals surface area contributed by atoms with Gasteiger partial charge in [-0.3, -0.25) is 0 Å². The molecule has 1 unspecified atom stereocenters. The van der Waals surface area contributed by atoms with E-state index in [1.54, 1.807) is 0 Å². The molecule has 1 atom stereocenters. The van der Waals surface area contributed by atoms with Crippen LogP contribution in [-0.2, 0) is 10.9 Å². The standard InChI is InChI=1S/C25H30PS.C24H20B/c1-5-27(25(2,3)4)21-26(22-15-9-6-10-16-22,23-17-11-7-12-18-23)24-19-13-8-14-20-24;1-5-13-21(14-6-1)25(22-15-7-2-8-16-22,23-17-9-3-10-18-23)24-19-11-4-12-20-24/h6-21H,5H2,1-4H3;1-20H/q+1;-1. The molecule has 0 saturated heterocycles. The van der Waals surface area contributed by atoms with Crippen molar-refractivity contribution >= 4 is 66.8 Å². The second kappa shape index (κ2) is 17.2. The van der Waals surface area contributed by atoms with E-state index in [0.29, 0.717) is 0 Å². The average molecular weight is 713 g/mol. The maximum atomic E-state index is 2.74. The van der Waals surface area contributed by atoms with Crippen molar-refractivity contribution in [1.82, 2.24) is 0 Å². The van der Waals surface area contributed by atoms with E-state index in [9.17, 15) is 0 Å². The minimum atomic E-state index is -1.84. The molecule has 0 N–H and O–H groups in total. The van der Waals surface area contributed by atoms with Crippen molar-refractivity contribution in [3.63, 3.8) is 0 Å². The average Bonchev–Trinajstić information content (AvgIpc) is 3.21. The molecule has 260 valence electrons. The molecule has 0 bridgehead atoms. The molecule has 0 fully saturated rings. The van der Waals surface area contributed by atoms with Crippen LogP contribution in [0.25, 0.3) is 0 Å². The molecule has 7 aromatic rings. The summed E-state index contributed by atoms with van der Waals surface area (Å²) in [5.41, 5.74) is 5.36. The second-order valence-corrected chi connectivity index (χ2v) is 20.7. The Hall–Kier alpha value is -4.75. The Morgan fingerprint density at radius 1 is 0.404 bits per heavy atom. The van der Waals surface area contributed by atoms with Crippen molar-refractivity contribution < 1.29 is 0 Å². The highest BCUT2D eigenvalue weighted by atomic mass is 32.2. The number of benzene rings is 7. The van der Waals surface area contributed by atoms with Gasteiger partial charge < -0.3 is 0 Å². The zero-order valence-electron chi connectivity index (χ0n) is 30.9. The highest BCUT2D eigenvalue weighted by Crippen LogP contribution is 2.45. The van der Waals surface area contributed by atoms with Gasteiger partial charge in [-0.05, 0) is 43.6 Å². The second-order valence-electron chi connectivity index (χ2n) is 14.2. The lowest BCUT2D eigenvalue weighted by atomic mass is 9.13. The van der Waals surface area contributed by atoms with E-state index in [4.69, 9.17) is 0 Å². The minimum Gasteiger partial charge on any atom is -0.195 e. The van der Waals surface area contributed by atoms with Gasteiger partial charge in [0.15, 0.2) is 0 Å². The Balaban J connectivity index is 0.000000179. The van der Waals surface area contributed by atoms with Gasteiger partial charge in [0.25, 0.3) is 0 Å². The number of rotatable bonds is 9. The van der Waals surface area contributed by atoms with Crippen molar-refractivity contribution in [2.75, 3.05) is 5.75 Å². The van der Waals surface area contributed by atoms with Crippen molar-refractivity contribution in [3.05, 3.63) is 212 Å². The molecule has 0 amide bonds. The van der Waals surface area contributed by atoms with Gasteiger partial charge in [0, 0.05) is 17.8 Å². The topological polar surface area (TPSA) is 0 Å². The fourth-order valence-corrected chi connectivity index (χ4v) is 16.1. The zero-order chi connectivity index (χ0) is 36.3. The molecule has 7 aromatic carbocycles. The van der Waals surface area contributed by atoms with E-state index < -0.39 is 13.0 Å². The molecule has 7 rings (SSSR count). The first-order valence-corrected chi connectivity index (χ1v) is 21.7. The Labute approximate surface area is 315 Å².